The number of pyridine rings is 1. The number of fused-ring (bicyclic) bond motifs is 1. The molecule has 0 spiro atoms. The second kappa shape index (κ2) is 6.57. The Morgan fingerprint density at radius 1 is 1.30 bits per heavy atom. The zero-order valence-electron chi connectivity index (χ0n) is 11.2. The lowest BCUT2D eigenvalue weighted by Gasteiger charge is -2.11. The Morgan fingerprint density at radius 3 is 2.80 bits per heavy atom. The number of hydrogen-bond donors (Lipinski definition) is 1. The molecule has 0 saturated carbocycles. The van der Waals surface area contributed by atoms with Gasteiger partial charge in [-0.25, -0.2) is 0 Å². The van der Waals surface area contributed by atoms with Crippen molar-refractivity contribution in [2.24, 2.45) is 0 Å². The molecule has 0 aliphatic heterocycles. The first-order chi connectivity index (χ1) is 9.67. The Morgan fingerprint density at radius 2 is 2.10 bits per heavy atom. The molecule has 2 aromatic rings. The molecule has 0 fully saturated rings. The van der Waals surface area contributed by atoms with E-state index in [9.17, 15) is 9.59 Å². The average molecular weight is 294 g/mol. The maximum atomic E-state index is 11.8. The van der Waals surface area contributed by atoms with Crippen LogP contribution in [0.2, 0.25) is 0 Å². The van der Waals surface area contributed by atoms with Crippen LogP contribution in [0.25, 0.3) is 10.9 Å². The summed E-state index contributed by atoms with van der Waals surface area (Å²) in [4.78, 5) is 26.0. The number of carbonyl (C=O) groups is 1. The average Bonchev–Trinajstić information content (AvgIpc) is 2.46. The molecular weight excluding hydrogens is 278 g/mol. The molecule has 1 heterocycles. The number of rotatable bonds is 6. The van der Waals surface area contributed by atoms with Gasteiger partial charge in [0.2, 0.25) is 5.56 Å². The third kappa shape index (κ3) is 3.02. The van der Waals surface area contributed by atoms with Crippen molar-refractivity contribution in [1.82, 2.24) is 4.98 Å². The van der Waals surface area contributed by atoms with Crippen LogP contribution < -0.4 is 10.3 Å². The van der Waals surface area contributed by atoms with Gasteiger partial charge >= 0.3 is 0 Å². The molecule has 5 heteroatoms. The number of ether oxygens (including phenoxy) is 1. The van der Waals surface area contributed by atoms with E-state index in [1.807, 2.05) is 0 Å². The smallest absolute Gasteiger partial charge is 0.248 e. The molecule has 0 saturated heterocycles. The Labute approximate surface area is 121 Å². The molecule has 0 aliphatic rings. The molecule has 1 N–H and O–H groups in total. The van der Waals surface area contributed by atoms with Crippen molar-refractivity contribution in [3.63, 3.8) is 0 Å². The van der Waals surface area contributed by atoms with Gasteiger partial charge in [-0.2, -0.15) is 0 Å². The van der Waals surface area contributed by atoms with E-state index in [4.69, 9.17) is 16.3 Å². The van der Waals surface area contributed by atoms with E-state index in [-0.39, 0.29) is 17.2 Å². The summed E-state index contributed by atoms with van der Waals surface area (Å²) in [6.07, 6.45) is 1.96. The number of unbranched alkanes of at least 4 members (excludes halogenated alkanes) is 1. The highest BCUT2D eigenvalue weighted by molar-refractivity contribution is 6.32. The number of alkyl halides is 1. The topological polar surface area (TPSA) is 59.2 Å². The quantitative estimate of drug-likeness (QED) is 0.506. The molecule has 20 heavy (non-hydrogen) atoms. The lowest BCUT2D eigenvalue weighted by molar-refractivity contribution is 0.102. The number of ketones is 1. The van der Waals surface area contributed by atoms with Gasteiger partial charge < -0.3 is 9.72 Å². The van der Waals surface area contributed by atoms with Gasteiger partial charge in [-0.05, 0) is 24.6 Å². The lowest BCUT2D eigenvalue weighted by Crippen LogP contribution is -2.08. The van der Waals surface area contributed by atoms with Crippen LogP contribution in [0.4, 0.5) is 0 Å². The van der Waals surface area contributed by atoms with Crippen molar-refractivity contribution < 1.29 is 9.53 Å². The highest BCUT2D eigenvalue weighted by atomic mass is 35.5. The second-order valence-electron chi connectivity index (χ2n) is 4.48. The Balaban J connectivity index is 2.52. The van der Waals surface area contributed by atoms with Gasteiger partial charge in [0.25, 0.3) is 0 Å². The van der Waals surface area contributed by atoms with Crippen molar-refractivity contribution in [2.45, 2.75) is 19.8 Å². The third-order valence-corrected chi connectivity index (χ3v) is 3.28. The summed E-state index contributed by atoms with van der Waals surface area (Å²) < 4.78 is 5.67. The SMILES string of the molecule is CCCCOc1ccc(C(=O)CCl)c2ccc(=O)[nH]c12. The normalized spacial score (nSPS) is 10.7. The van der Waals surface area contributed by atoms with Crippen LogP contribution in [0, 0.1) is 0 Å². The molecule has 0 bridgehead atoms. The van der Waals surface area contributed by atoms with E-state index >= 15 is 0 Å². The number of aromatic nitrogens is 1. The van der Waals surface area contributed by atoms with E-state index < -0.39 is 0 Å². The lowest BCUT2D eigenvalue weighted by atomic mass is 10.0. The first-order valence-corrected chi connectivity index (χ1v) is 7.08. The first-order valence-electron chi connectivity index (χ1n) is 6.55. The molecule has 0 radical (unpaired) electrons. The predicted molar refractivity (Wildman–Crippen MR) is 80.0 cm³/mol. The fraction of sp³-hybridized carbons (Fsp3) is 0.333. The molecule has 0 aliphatic carbocycles. The maximum Gasteiger partial charge on any atom is 0.248 e. The van der Waals surface area contributed by atoms with Crippen LogP contribution in [0.15, 0.2) is 29.1 Å². The number of H-pyrrole nitrogens is 1. The van der Waals surface area contributed by atoms with E-state index in [1.54, 1.807) is 18.2 Å². The molecule has 1 aromatic heterocycles. The summed E-state index contributed by atoms with van der Waals surface area (Å²) in [5.41, 5.74) is 0.812. The van der Waals surface area contributed by atoms with Gasteiger partial charge in [-0.3, -0.25) is 9.59 Å². The largest absolute Gasteiger partial charge is 0.491 e. The van der Waals surface area contributed by atoms with Crippen molar-refractivity contribution in [3.8, 4) is 5.75 Å². The highest BCUT2D eigenvalue weighted by Gasteiger charge is 2.13. The van der Waals surface area contributed by atoms with Gasteiger partial charge in [0.1, 0.15) is 5.75 Å². The minimum Gasteiger partial charge on any atom is -0.491 e. The van der Waals surface area contributed by atoms with Crippen LogP contribution in [-0.2, 0) is 0 Å². The summed E-state index contributed by atoms with van der Waals surface area (Å²) in [6.45, 7) is 2.65. The zero-order valence-corrected chi connectivity index (χ0v) is 12.0. The Kier molecular flexibility index (Phi) is 4.79. The van der Waals surface area contributed by atoms with Gasteiger partial charge in [0.05, 0.1) is 18.0 Å². The van der Waals surface area contributed by atoms with Gasteiger partial charge in [0, 0.05) is 17.0 Å². The highest BCUT2D eigenvalue weighted by Crippen LogP contribution is 2.26. The number of Topliss-reactive ketones (excluding diaryl/α,β-unsaturated/α-hetero) is 1. The van der Waals surface area contributed by atoms with Crippen LogP contribution in [0.1, 0.15) is 30.1 Å². The van der Waals surface area contributed by atoms with Crippen molar-refractivity contribution in [1.29, 1.82) is 0 Å². The minimum absolute atomic E-state index is 0.0930. The van der Waals surface area contributed by atoms with E-state index in [1.165, 1.54) is 6.07 Å². The van der Waals surface area contributed by atoms with Gasteiger partial charge in [-0.15, -0.1) is 11.6 Å². The summed E-state index contributed by atoms with van der Waals surface area (Å²) in [7, 11) is 0. The van der Waals surface area contributed by atoms with Crippen molar-refractivity contribution >= 4 is 28.3 Å². The maximum absolute atomic E-state index is 11.8. The summed E-state index contributed by atoms with van der Waals surface area (Å²) >= 11 is 5.61. The summed E-state index contributed by atoms with van der Waals surface area (Å²) in [5, 5.41) is 0.657. The standard InChI is InChI=1S/C15H16ClNO3/c1-2-3-8-20-13-6-4-10(12(18)9-16)11-5-7-14(19)17-15(11)13/h4-7H,2-3,8-9H2,1H3,(H,17,19). The van der Waals surface area contributed by atoms with Crippen molar-refractivity contribution in [2.75, 3.05) is 12.5 Å². The first kappa shape index (κ1) is 14.6. The molecule has 0 amide bonds. The summed E-state index contributed by atoms with van der Waals surface area (Å²) in [6, 6.07) is 6.41. The Hall–Kier alpha value is -1.81. The monoisotopic (exact) mass is 293 g/mol. The number of benzene rings is 1. The summed E-state index contributed by atoms with van der Waals surface area (Å²) in [5.74, 6) is 0.311. The predicted octanol–water partition coefficient (Wildman–Crippen LogP) is 3.13. The van der Waals surface area contributed by atoms with Crippen LogP contribution in [-0.4, -0.2) is 23.3 Å². The number of halogens is 1. The fourth-order valence-electron chi connectivity index (χ4n) is 1.99. The van der Waals surface area contributed by atoms with Crippen LogP contribution >= 0.6 is 11.6 Å². The number of carbonyl (C=O) groups excluding carboxylic acids is 1. The van der Waals surface area contributed by atoms with Crippen molar-refractivity contribution in [3.05, 3.63) is 40.2 Å². The molecule has 4 nitrogen and oxygen atoms in total. The van der Waals surface area contributed by atoms with Gasteiger partial charge in [-0.1, -0.05) is 13.3 Å². The number of hydrogen-bond acceptors (Lipinski definition) is 3. The molecule has 2 rings (SSSR count). The second-order valence-corrected chi connectivity index (χ2v) is 4.75. The molecular formula is C15H16ClNO3. The number of aromatic amines is 1. The molecule has 1 aromatic carbocycles. The fourth-order valence-corrected chi connectivity index (χ4v) is 2.13. The van der Waals surface area contributed by atoms with E-state index in [0.717, 1.165) is 12.8 Å². The van der Waals surface area contributed by atoms with Crippen LogP contribution in [0.5, 0.6) is 5.75 Å². The minimum atomic E-state index is -0.228. The molecule has 106 valence electrons. The Bertz CT molecular complexity index is 678. The van der Waals surface area contributed by atoms with Gasteiger partial charge in [0.15, 0.2) is 5.78 Å². The molecule has 0 unspecified atom stereocenters. The zero-order chi connectivity index (χ0) is 14.5. The van der Waals surface area contributed by atoms with E-state index in [2.05, 4.69) is 11.9 Å². The number of nitrogens with one attached hydrogen (secondary N) is 1. The van der Waals surface area contributed by atoms with Crippen LogP contribution in [0.3, 0.4) is 0 Å². The molecule has 0 atom stereocenters. The van der Waals surface area contributed by atoms with E-state index in [0.29, 0.717) is 28.8 Å². The third-order valence-electron chi connectivity index (χ3n) is 3.03.